The Morgan fingerprint density at radius 1 is 1.56 bits per heavy atom. The molecule has 0 radical (unpaired) electrons. The summed E-state index contributed by atoms with van der Waals surface area (Å²) in [5, 5.41) is 9.10. The minimum absolute atomic E-state index is 0.0914. The molecule has 1 fully saturated rings. The Labute approximate surface area is 94.1 Å². The molecule has 1 saturated heterocycles. The highest BCUT2D eigenvalue weighted by Gasteiger charge is 2.24. The van der Waals surface area contributed by atoms with Crippen LogP contribution in [-0.4, -0.2) is 45.6 Å². The van der Waals surface area contributed by atoms with Gasteiger partial charge in [0, 0.05) is 32.1 Å². The van der Waals surface area contributed by atoms with Gasteiger partial charge in [-0.2, -0.15) is 0 Å². The largest absolute Gasteiger partial charge is 0.396 e. The van der Waals surface area contributed by atoms with Crippen molar-refractivity contribution in [3.05, 3.63) is 24.3 Å². The van der Waals surface area contributed by atoms with E-state index in [-0.39, 0.29) is 18.4 Å². The fourth-order valence-corrected chi connectivity index (χ4v) is 1.97. The third kappa shape index (κ3) is 2.36. The topological polar surface area (TPSA) is 66.3 Å². The summed E-state index contributed by atoms with van der Waals surface area (Å²) in [7, 11) is 0. The number of likely N-dealkylation sites (tertiary alicyclic amines) is 1. The van der Waals surface area contributed by atoms with Crippen LogP contribution in [0.4, 0.5) is 0 Å². The normalized spacial score (nSPS) is 20.8. The van der Waals surface area contributed by atoms with Crippen molar-refractivity contribution in [2.45, 2.75) is 12.8 Å². The van der Waals surface area contributed by atoms with Crippen molar-refractivity contribution in [3.8, 4) is 0 Å². The standard InChI is InChI=1S/C11H15N3O2/c15-8-9-2-1-5-14(7-9)11(16)10-6-12-3-4-13-10/h3-4,6,9,15H,1-2,5,7-8H2. The van der Waals surface area contributed by atoms with Crippen LogP contribution < -0.4 is 0 Å². The summed E-state index contributed by atoms with van der Waals surface area (Å²) >= 11 is 0. The number of carbonyl (C=O) groups excluding carboxylic acids is 1. The van der Waals surface area contributed by atoms with Gasteiger partial charge in [-0.15, -0.1) is 0 Å². The fourth-order valence-electron chi connectivity index (χ4n) is 1.97. The first-order chi connectivity index (χ1) is 7.81. The maximum atomic E-state index is 12.0. The third-order valence-corrected chi connectivity index (χ3v) is 2.85. The molecular weight excluding hydrogens is 206 g/mol. The van der Waals surface area contributed by atoms with E-state index in [2.05, 4.69) is 9.97 Å². The predicted octanol–water partition coefficient (Wildman–Crippen LogP) is 0.321. The van der Waals surface area contributed by atoms with E-state index in [0.29, 0.717) is 12.2 Å². The van der Waals surface area contributed by atoms with E-state index in [0.717, 1.165) is 19.4 Å². The van der Waals surface area contributed by atoms with Crippen molar-refractivity contribution in [2.24, 2.45) is 5.92 Å². The first-order valence-corrected chi connectivity index (χ1v) is 5.47. The highest BCUT2D eigenvalue weighted by Crippen LogP contribution is 2.17. The van der Waals surface area contributed by atoms with E-state index in [4.69, 9.17) is 5.11 Å². The molecule has 1 unspecified atom stereocenters. The second-order valence-corrected chi connectivity index (χ2v) is 4.03. The molecule has 1 aliphatic heterocycles. The van der Waals surface area contributed by atoms with Gasteiger partial charge in [0.1, 0.15) is 5.69 Å². The maximum absolute atomic E-state index is 12.0. The molecule has 1 aromatic heterocycles. The zero-order chi connectivity index (χ0) is 11.4. The molecule has 0 spiro atoms. The molecule has 0 aliphatic carbocycles. The summed E-state index contributed by atoms with van der Waals surface area (Å²) in [4.78, 5) is 21.6. The van der Waals surface area contributed by atoms with Crippen molar-refractivity contribution in [1.82, 2.24) is 14.9 Å². The average molecular weight is 221 g/mol. The minimum Gasteiger partial charge on any atom is -0.396 e. The Hall–Kier alpha value is -1.49. The lowest BCUT2D eigenvalue weighted by molar-refractivity contribution is 0.0614. The minimum atomic E-state index is -0.0914. The number of aromatic nitrogens is 2. The Morgan fingerprint density at radius 3 is 3.12 bits per heavy atom. The third-order valence-electron chi connectivity index (χ3n) is 2.85. The molecule has 86 valence electrons. The second kappa shape index (κ2) is 5.03. The van der Waals surface area contributed by atoms with Crippen LogP contribution in [0.5, 0.6) is 0 Å². The predicted molar refractivity (Wildman–Crippen MR) is 57.7 cm³/mol. The van der Waals surface area contributed by atoms with E-state index in [1.807, 2.05) is 0 Å². The zero-order valence-electron chi connectivity index (χ0n) is 9.04. The van der Waals surface area contributed by atoms with Crippen molar-refractivity contribution in [1.29, 1.82) is 0 Å². The molecule has 1 N–H and O–H groups in total. The van der Waals surface area contributed by atoms with Crippen molar-refractivity contribution in [2.75, 3.05) is 19.7 Å². The summed E-state index contributed by atoms with van der Waals surface area (Å²) in [6.07, 6.45) is 6.47. The Kier molecular flexibility index (Phi) is 3.46. The Morgan fingerprint density at radius 2 is 2.44 bits per heavy atom. The van der Waals surface area contributed by atoms with Crippen LogP contribution in [0.2, 0.25) is 0 Å². The lowest BCUT2D eigenvalue weighted by atomic mass is 9.99. The van der Waals surface area contributed by atoms with Crippen LogP contribution >= 0.6 is 0 Å². The number of hydrogen-bond donors (Lipinski definition) is 1. The molecule has 2 heterocycles. The van der Waals surface area contributed by atoms with Crippen LogP contribution in [0.3, 0.4) is 0 Å². The van der Waals surface area contributed by atoms with Crippen LogP contribution in [0.1, 0.15) is 23.3 Å². The van der Waals surface area contributed by atoms with Crippen LogP contribution in [0, 0.1) is 5.92 Å². The lowest BCUT2D eigenvalue weighted by Crippen LogP contribution is -2.41. The van der Waals surface area contributed by atoms with Gasteiger partial charge in [-0.25, -0.2) is 4.98 Å². The molecule has 0 aromatic carbocycles. The fraction of sp³-hybridized carbons (Fsp3) is 0.545. The molecule has 2 rings (SSSR count). The van der Waals surface area contributed by atoms with Gasteiger partial charge in [-0.1, -0.05) is 0 Å². The number of aliphatic hydroxyl groups is 1. The number of carbonyl (C=O) groups is 1. The lowest BCUT2D eigenvalue weighted by Gasteiger charge is -2.31. The molecule has 5 nitrogen and oxygen atoms in total. The van der Waals surface area contributed by atoms with Gasteiger partial charge < -0.3 is 10.0 Å². The van der Waals surface area contributed by atoms with E-state index in [1.165, 1.54) is 12.4 Å². The molecule has 0 saturated carbocycles. The van der Waals surface area contributed by atoms with E-state index in [9.17, 15) is 4.79 Å². The average Bonchev–Trinajstić information content (AvgIpc) is 2.39. The van der Waals surface area contributed by atoms with Crippen LogP contribution in [0.15, 0.2) is 18.6 Å². The maximum Gasteiger partial charge on any atom is 0.274 e. The van der Waals surface area contributed by atoms with E-state index >= 15 is 0 Å². The van der Waals surface area contributed by atoms with Gasteiger partial charge in [0.2, 0.25) is 0 Å². The van der Waals surface area contributed by atoms with Gasteiger partial charge >= 0.3 is 0 Å². The second-order valence-electron chi connectivity index (χ2n) is 4.03. The van der Waals surface area contributed by atoms with Crippen molar-refractivity contribution in [3.63, 3.8) is 0 Å². The molecule has 1 aromatic rings. The molecular formula is C11H15N3O2. The molecule has 16 heavy (non-hydrogen) atoms. The number of hydrogen-bond acceptors (Lipinski definition) is 4. The zero-order valence-corrected chi connectivity index (χ0v) is 9.04. The number of piperidine rings is 1. The summed E-state index contributed by atoms with van der Waals surface area (Å²) < 4.78 is 0. The van der Waals surface area contributed by atoms with Crippen LogP contribution in [0.25, 0.3) is 0 Å². The molecule has 5 heteroatoms. The highest BCUT2D eigenvalue weighted by molar-refractivity contribution is 5.92. The molecule has 1 atom stereocenters. The van der Waals surface area contributed by atoms with Gasteiger partial charge in [0.05, 0.1) is 6.20 Å². The molecule has 1 aliphatic rings. The van der Waals surface area contributed by atoms with Crippen molar-refractivity contribution >= 4 is 5.91 Å². The van der Waals surface area contributed by atoms with Gasteiger partial charge in [-0.3, -0.25) is 9.78 Å². The first kappa shape index (κ1) is 11.0. The number of rotatable bonds is 2. The number of nitrogens with zero attached hydrogens (tertiary/aromatic N) is 3. The summed E-state index contributed by atoms with van der Waals surface area (Å²) in [5.74, 6) is 0.112. The van der Waals surface area contributed by atoms with E-state index < -0.39 is 0 Å². The van der Waals surface area contributed by atoms with Gasteiger partial charge in [0.25, 0.3) is 5.91 Å². The summed E-state index contributed by atoms with van der Waals surface area (Å²) in [5.41, 5.74) is 0.376. The molecule has 1 amide bonds. The van der Waals surface area contributed by atoms with E-state index in [1.54, 1.807) is 11.1 Å². The van der Waals surface area contributed by atoms with Crippen LogP contribution in [-0.2, 0) is 0 Å². The van der Waals surface area contributed by atoms with Gasteiger partial charge in [0.15, 0.2) is 0 Å². The van der Waals surface area contributed by atoms with Crippen molar-refractivity contribution < 1.29 is 9.90 Å². The molecule has 0 bridgehead atoms. The smallest absolute Gasteiger partial charge is 0.274 e. The highest BCUT2D eigenvalue weighted by atomic mass is 16.3. The monoisotopic (exact) mass is 221 g/mol. The number of amides is 1. The Bertz CT molecular complexity index is 356. The quantitative estimate of drug-likeness (QED) is 0.781. The summed E-state index contributed by atoms with van der Waals surface area (Å²) in [6.45, 7) is 1.50. The SMILES string of the molecule is O=C(c1cnccn1)N1CCCC(CO)C1. The number of aliphatic hydroxyl groups excluding tert-OH is 1. The van der Waals surface area contributed by atoms with Gasteiger partial charge in [-0.05, 0) is 18.8 Å². The Balaban J connectivity index is 2.05. The summed E-state index contributed by atoms with van der Waals surface area (Å²) in [6, 6.07) is 0. The first-order valence-electron chi connectivity index (χ1n) is 5.47.